The summed E-state index contributed by atoms with van der Waals surface area (Å²) in [6, 6.07) is 15.4. The van der Waals surface area contributed by atoms with E-state index >= 15 is 0 Å². The zero-order valence-corrected chi connectivity index (χ0v) is 10.6. The minimum atomic E-state index is 0.589. The zero-order chi connectivity index (χ0) is 13.2. The second-order valence-electron chi connectivity index (χ2n) is 4.19. The molecule has 0 atom stereocenters. The van der Waals surface area contributed by atoms with Crippen LogP contribution >= 0.6 is 0 Å². The Morgan fingerprint density at radius 1 is 1.00 bits per heavy atom. The van der Waals surface area contributed by atoms with Gasteiger partial charge in [0.25, 0.3) is 0 Å². The van der Waals surface area contributed by atoms with Gasteiger partial charge < -0.3 is 9.47 Å². The molecule has 0 unspecified atom stereocenters. The van der Waals surface area contributed by atoms with Crippen molar-refractivity contribution in [3.8, 4) is 5.75 Å². The molecule has 0 aliphatic carbocycles. The predicted octanol–water partition coefficient (Wildman–Crippen LogP) is 3.77. The zero-order valence-electron chi connectivity index (χ0n) is 10.6. The van der Waals surface area contributed by atoms with Crippen LogP contribution in [0.2, 0.25) is 0 Å². The Hall–Kier alpha value is -2.55. The first-order chi connectivity index (χ1) is 9.28. The van der Waals surface area contributed by atoms with Gasteiger partial charge in [-0.3, -0.25) is 0 Å². The van der Waals surface area contributed by atoms with Gasteiger partial charge >= 0.3 is 0 Å². The molecular weight excluding hydrogens is 238 g/mol. The summed E-state index contributed by atoms with van der Waals surface area (Å²) < 4.78 is 10.7. The number of fused-ring (bicyclic) bond motifs is 1. The number of benzene rings is 2. The van der Waals surface area contributed by atoms with Gasteiger partial charge in [-0.25, -0.2) is 4.99 Å². The molecule has 0 N–H and O–H groups in total. The molecule has 2 aromatic rings. The van der Waals surface area contributed by atoms with Crippen molar-refractivity contribution >= 4 is 17.3 Å². The molecule has 19 heavy (non-hydrogen) atoms. The lowest BCUT2D eigenvalue weighted by Crippen LogP contribution is -1.95. The Bertz CT molecular complexity index is 657. The lowest BCUT2D eigenvalue weighted by atomic mass is 10.1. The third-order valence-electron chi connectivity index (χ3n) is 2.98. The van der Waals surface area contributed by atoms with E-state index in [1.54, 1.807) is 7.11 Å². The summed E-state index contributed by atoms with van der Waals surface area (Å²) >= 11 is 0. The molecule has 3 rings (SSSR count). The van der Waals surface area contributed by atoms with Crippen LogP contribution in [0.4, 0.5) is 5.69 Å². The van der Waals surface area contributed by atoms with Gasteiger partial charge in [0.1, 0.15) is 11.5 Å². The Morgan fingerprint density at radius 3 is 2.37 bits per heavy atom. The lowest BCUT2D eigenvalue weighted by molar-refractivity contribution is 0.415. The number of hydrogen-bond acceptors (Lipinski definition) is 3. The third-order valence-corrected chi connectivity index (χ3v) is 2.98. The van der Waals surface area contributed by atoms with Gasteiger partial charge in [0.15, 0.2) is 0 Å². The molecule has 3 nitrogen and oxygen atoms in total. The van der Waals surface area contributed by atoms with Gasteiger partial charge in [-0.1, -0.05) is 24.8 Å². The SMILES string of the molecule is C=C1OC(=Nc2ccc(OC)cc2)c2ccccc21. The number of hydrogen-bond donors (Lipinski definition) is 0. The normalized spacial score (nSPS) is 15.2. The highest BCUT2D eigenvalue weighted by molar-refractivity contribution is 6.06. The van der Waals surface area contributed by atoms with Crippen LogP contribution < -0.4 is 4.74 Å². The van der Waals surface area contributed by atoms with Gasteiger partial charge in [0.2, 0.25) is 5.90 Å². The molecule has 0 radical (unpaired) electrons. The van der Waals surface area contributed by atoms with Crippen LogP contribution in [0.15, 0.2) is 60.1 Å². The van der Waals surface area contributed by atoms with Crippen molar-refractivity contribution in [3.05, 3.63) is 66.2 Å². The van der Waals surface area contributed by atoms with E-state index in [1.165, 1.54) is 0 Å². The molecule has 0 saturated carbocycles. The fraction of sp³-hybridized carbons (Fsp3) is 0.0625. The van der Waals surface area contributed by atoms with Crippen LogP contribution in [-0.4, -0.2) is 13.0 Å². The van der Waals surface area contributed by atoms with Gasteiger partial charge in [-0.2, -0.15) is 0 Å². The molecule has 0 fully saturated rings. The maximum atomic E-state index is 5.62. The van der Waals surface area contributed by atoms with Crippen molar-refractivity contribution in [2.45, 2.75) is 0 Å². The molecule has 94 valence electrons. The second-order valence-corrected chi connectivity index (χ2v) is 4.19. The van der Waals surface area contributed by atoms with E-state index in [1.807, 2.05) is 48.5 Å². The quantitative estimate of drug-likeness (QED) is 0.813. The number of nitrogens with zero attached hydrogens (tertiary/aromatic N) is 1. The van der Waals surface area contributed by atoms with Gasteiger partial charge in [-0.05, 0) is 30.3 Å². The first-order valence-electron chi connectivity index (χ1n) is 5.97. The standard InChI is InChI=1S/C16H13NO2/c1-11-14-5-3-4-6-15(14)16(19-11)17-12-7-9-13(18-2)10-8-12/h3-10H,1H2,2H3. The number of rotatable bonds is 2. The number of methoxy groups -OCH3 is 1. The second kappa shape index (κ2) is 4.61. The topological polar surface area (TPSA) is 30.8 Å². The van der Waals surface area contributed by atoms with E-state index in [4.69, 9.17) is 9.47 Å². The largest absolute Gasteiger partial charge is 0.497 e. The van der Waals surface area contributed by atoms with Crippen molar-refractivity contribution in [2.24, 2.45) is 4.99 Å². The van der Waals surface area contributed by atoms with Crippen LogP contribution in [0.3, 0.4) is 0 Å². The fourth-order valence-electron chi connectivity index (χ4n) is 2.00. The highest BCUT2D eigenvalue weighted by atomic mass is 16.5. The van der Waals surface area contributed by atoms with E-state index < -0.39 is 0 Å². The third kappa shape index (κ3) is 2.10. The summed E-state index contributed by atoms with van der Waals surface area (Å²) in [5.41, 5.74) is 2.79. The first kappa shape index (κ1) is 11.5. The van der Waals surface area contributed by atoms with E-state index in [0.717, 1.165) is 22.6 Å². The molecular formula is C16H13NO2. The van der Waals surface area contributed by atoms with Crippen LogP contribution in [0.1, 0.15) is 11.1 Å². The Labute approximate surface area is 111 Å². The molecule has 1 aliphatic heterocycles. The van der Waals surface area contributed by atoms with Crippen LogP contribution in [0.25, 0.3) is 5.76 Å². The average Bonchev–Trinajstić information content (AvgIpc) is 2.77. The Kier molecular flexibility index (Phi) is 2.80. The van der Waals surface area contributed by atoms with Crippen molar-refractivity contribution in [3.63, 3.8) is 0 Å². The van der Waals surface area contributed by atoms with Gasteiger partial charge in [-0.15, -0.1) is 0 Å². The molecule has 0 amide bonds. The molecule has 2 aromatic carbocycles. The molecule has 0 saturated heterocycles. The maximum Gasteiger partial charge on any atom is 0.227 e. The lowest BCUT2D eigenvalue weighted by Gasteiger charge is -2.01. The van der Waals surface area contributed by atoms with E-state index in [9.17, 15) is 0 Å². The summed E-state index contributed by atoms with van der Waals surface area (Å²) in [6.45, 7) is 3.89. The van der Waals surface area contributed by atoms with Crippen molar-refractivity contribution in [1.82, 2.24) is 0 Å². The van der Waals surface area contributed by atoms with Crippen LogP contribution in [0, 0.1) is 0 Å². The molecule has 1 heterocycles. The molecule has 0 aromatic heterocycles. The number of ether oxygens (including phenoxy) is 2. The minimum absolute atomic E-state index is 0.589. The molecule has 0 bridgehead atoms. The first-order valence-corrected chi connectivity index (χ1v) is 5.97. The predicted molar refractivity (Wildman–Crippen MR) is 75.8 cm³/mol. The van der Waals surface area contributed by atoms with Crippen molar-refractivity contribution in [1.29, 1.82) is 0 Å². The van der Waals surface area contributed by atoms with Crippen molar-refractivity contribution in [2.75, 3.05) is 7.11 Å². The molecule has 3 heteroatoms. The van der Waals surface area contributed by atoms with E-state index in [0.29, 0.717) is 11.7 Å². The summed E-state index contributed by atoms with van der Waals surface area (Å²) in [5.74, 6) is 2.04. The van der Waals surface area contributed by atoms with E-state index in [-0.39, 0.29) is 0 Å². The Balaban J connectivity index is 1.98. The summed E-state index contributed by atoms with van der Waals surface area (Å²) in [7, 11) is 1.64. The number of aliphatic imine (C=N–C) groups is 1. The molecule has 1 aliphatic rings. The molecule has 0 spiro atoms. The summed E-state index contributed by atoms with van der Waals surface area (Å²) in [5, 5.41) is 0. The average molecular weight is 251 g/mol. The summed E-state index contributed by atoms with van der Waals surface area (Å²) in [4.78, 5) is 4.50. The Morgan fingerprint density at radius 2 is 1.68 bits per heavy atom. The maximum absolute atomic E-state index is 5.62. The highest BCUT2D eigenvalue weighted by Crippen LogP contribution is 2.30. The minimum Gasteiger partial charge on any atom is -0.497 e. The fourth-order valence-corrected chi connectivity index (χ4v) is 2.00. The smallest absolute Gasteiger partial charge is 0.227 e. The van der Waals surface area contributed by atoms with Crippen LogP contribution in [0.5, 0.6) is 5.75 Å². The highest BCUT2D eigenvalue weighted by Gasteiger charge is 2.22. The van der Waals surface area contributed by atoms with Crippen molar-refractivity contribution < 1.29 is 9.47 Å². The monoisotopic (exact) mass is 251 g/mol. The summed E-state index contributed by atoms with van der Waals surface area (Å²) in [6.07, 6.45) is 0. The van der Waals surface area contributed by atoms with Gasteiger partial charge in [0.05, 0.1) is 12.8 Å². The van der Waals surface area contributed by atoms with Gasteiger partial charge in [0, 0.05) is 11.1 Å². The van der Waals surface area contributed by atoms with Crippen LogP contribution in [-0.2, 0) is 4.74 Å². The van der Waals surface area contributed by atoms with E-state index in [2.05, 4.69) is 11.6 Å².